The van der Waals surface area contributed by atoms with Crippen molar-refractivity contribution < 1.29 is 71.6 Å². The standard InChI is InChI=1S/2C17H18N2O2.3Cu/c2*20-16-8-3-1-6-14(16)12-18-10-5-11-19-13-15-7-2-4-9-17(15)21;;;/h2*1-4,6-9,12-13,20-21H,5,10-11H2;;;/q;;;2*+1. The van der Waals surface area contributed by atoms with Crippen molar-refractivity contribution in [2.24, 2.45) is 20.0 Å². The number of phenolic OH excluding ortho intramolecular Hbond substituents is 4. The number of aromatic hydroxyl groups is 4. The molecule has 4 rings (SSSR count). The molecule has 1 radical (unpaired) electrons. The van der Waals surface area contributed by atoms with Crippen molar-refractivity contribution in [3.8, 4) is 23.0 Å². The van der Waals surface area contributed by atoms with E-state index in [-0.39, 0.29) is 74.2 Å². The molecule has 0 spiro atoms. The van der Waals surface area contributed by atoms with Crippen molar-refractivity contribution in [2.45, 2.75) is 12.8 Å². The van der Waals surface area contributed by atoms with E-state index in [0.29, 0.717) is 26.2 Å². The Kier molecular flexibility index (Phi) is 22.6. The third-order valence-electron chi connectivity index (χ3n) is 5.82. The molecule has 0 aliphatic carbocycles. The van der Waals surface area contributed by atoms with Crippen molar-refractivity contribution in [1.29, 1.82) is 0 Å². The summed E-state index contributed by atoms with van der Waals surface area (Å²) in [6.07, 6.45) is 8.30. The number of hydrogen-bond acceptors (Lipinski definition) is 8. The van der Waals surface area contributed by atoms with Gasteiger partial charge in [-0.3, -0.25) is 20.0 Å². The Morgan fingerprint density at radius 1 is 0.378 bits per heavy atom. The number of para-hydroxylation sites is 4. The zero-order chi connectivity index (χ0) is 29.8. The van der Waals surface area contributed by atoms with Gasteiger partial charge in [-0.05, 0) is 61.4 Å². The third kappa shape index (κ3) is 16.3. The van der Waals surface area contributed by atoms with Gasteiger partial charge in [0, 0.05) is 90.4 Å². The van der Waals surface area contributed by atoms with Crippen LogP contribution in [0.25, 0.3) is 0 Å². The van der Waals surface area contributed by atoms with Gasteiger partial charge in [0.1, 0.15) is 23.0 Å². The van der Waals surface area contributed by atoms with Crippen molar-refractivity contribution >= 4 is 24.9 Å². The topological polar surface area (TPSA) is 130 Å². The molecule has 0 aromatic heterocycles. The Morgan fingerprint density at radius 3 is 0.778 bits per heavy atom. The summed E-state index contributed by atoms with van der Waals surface area (Å²) in [5, 5.41) is 38.3. The maximum absolute atomic E-state index is 9.56. The van der Waals surface area contributed by atoms with E-state index >= 15 is 0 Å². The second kappa shape index (κ2) is 24.6. The zero-order valence-corrected chi connectivity index (χ0v) is 27.1. The van der Waals surface area contributed by atoms with E-state index in [0.717, 1.165) is 35.1 Å². The Hall–Kier alpha value is -3.68. The van der Waals surface area contributed by atoms with E-state index in [1.807, 2.05) is 48.5 Å². The zero-order valence-electron chi connectivity index (χ0n) is 24.3. The SMILES string of the molecule is Oc1ccccc1C=NCCCN=Cc1ccccc1O.Oc1ccccc1C=NCCCN=Cc1ccccc1O.[Cu+].[Cu+].[Cu]. The number of aliphatic imine (C=N–C) groups is 4. The number of nitrogens with zero attached hydrogens (tertiary/aromatic N) is 4. The first-order valence-corrected chi connectivity index (χ1v) is 13.7. The molecular weight excluding hydrogens is 719 g/mol. The molecule has 0 saturated heterocycles. The quantitative estimate of drug-likeness (QED) is 0.0798. The Labute approximate surface area is 296 Å². The van der Waals surface area contributed by atoms with Crippen molar-refractivity contribution in [3.63, 3.8) is 0 Å². The van der Waals surface area contributed by atoms with Crippen LogP contribution >= 0.6 is 0 Å². The van der Waals surface area contributed by atoms with E-state index in [1.54, 1.807) is 73.4 Å². The molecular formula is C34H36Cu3N4O4+2. The van der Waals surface area contributed by atoms with Crippen molar-refractivity contribution in [2.75, 3.05) is 26.2 Å². The molecule has 247 valence electrons. The van der Waals surface area contributed by atoms with Crippen LogP contribution in [-0.4, -0.2) is 71.5 Å². The normalized spacial score (nSPS) is 10.7. The van der Waals surface area contributed by atoms with Crippen LogP contribution in [0.3, 0.4) is 0 Å². The third-order valence-corrected chi connectivity index (χ3v) is 5.82. The number of hydrogen-bond donors (Lipinski definition) is 4. The van der Waals surface area contributed by atoms with Gasteiger partial charge in [0.2, 0.25) is 0 Å². The van der Waals surface area contributed by atoms with Crippen LogP contribution in [0, 0.1) is 0 Å². The number of phenols is 4. The first-order valence-electron chi connectivity index (χ1n) is 13.7. The molecule has 0 aliphatic heterocycles. The van der Waals surface area contributed by atoms with Crippen LogP contribution in [0.4, 0.5) is 0 Å². The maximum atomic E-state index is 9.56. The minimum Gasteiger partial charge on any atom is -0.507 e. The summed E-state index contributed by atoms with van der Waals surface area (Å²) in [4.78, 5) is 17.0. The summed E-state index contributed by atoms with van der Waals surface area (Å²) in [7, 11) is 0. The van der Waals surface area contributed by atoms with Gasteiger partial charge >= 0.3 is 34.1 Å². The average Bonchev–Trinajstić information content (AvgIpc) is 3.00. The van der Waals surface area contributed by atoms with Crippen LogP contribution in [0.1, 0.15) is 35.1 Å². The van der Waals surface area contributed by atoms with Crippen LogP contribution in [0.2, 0.25) is 0 Å². The first kappa shape index (κ1) is 41.3. The van der Waals surface area contributed by atoms with Gasteiger partial charge in [0.25, 0.3) is 0 Å². The van der Waals surface area contributed by atoms with E-state index in [4.69, 9.17) is 0 Å². The first-order chi connectivity index (χ1) is 20.5. The average molecular weight is 755 g/mol. The molecule has 0 saturated carbocycles. The minimum absolute atomic E-state index is 0. The Balaban J connectivity index is 0.000000807. The molecule has 0 atom stereocenters. The molecule has 11 heteroatoms. The van der Waals surface area contributed by atoms with Gasteiger partial charge in [0.15, 0.2) is 0 Å². The Morgan fingerprint density at radius 2 is 0.578 bits per heavy atom. The predicted molar refractivity (Wildman–Crippen MR) is 172 cm³/mol. The molecule has 0 fully saturated rings. The summed E-state index contributed by atoms with van der Waals surface area (Å²) < 4.78 is 0. The molecule has 0 aliphatic rings. The van der Waals surface area contributed by atoms with Gasteiger partial charge < -0.3 is 20.4 Å². The molecule has 4 aromatic rings. The fraction of sp³-hybridized carbons (Fsp3) is 0.176. The van der Waals surface area contributed by atoms with E-state index in [1.165, 1.54) is 0 Å². The summed E-state index contributed by atoms with van der Waals surface area (Å²) in [6.45, 7) is 2.58. The second-order valence-corrected chi connectivity index (χ2v) is 9.08. The summed E-state index contributed by atoms with van der Waals surface area (Å²) in [5.74, 6) is 0.940. The van der Waals surface area contributed by atoms with Crippen LogP contribution < -0.4 is 0 Å². The summed E-state index contributed by atoms with van der Waals surface area (Å²) in [5.41, 5.74) is 2.87. The smallest absolute Gasteiger partial charge is 0.507 e. The van der Waals surface area contributed by atoms with Crippen LogP contribution in [0.15, 0.2) is 117 Å². The van der Waals surface area contributed by atoms with Crippen LogP contribution in [-0.2, 0) is 51.2 Å². The van der Waals surface area contributed by atoms with Crippen LogP contribution in [0.5, 0.6) is 23.0 Å². The van der Waals surface area contributed by atoms with E-state index in [9.17, 15) is 20.4 Å². The molecule has 4 aromatic carbocycles. The molecule has 0 bridgehead atoms. The van der Waals surface area contributed by atoms with E-state index < -0.39 is 0 Å². The minimum atomic E-state index is 0. The molecule has 0 heterocycles. The maximum Gasteiger partial charge on any atom is 1.00 e. The van der Waals surface area contributed by atoms with Gasteiger partial charge in [-0.25, -0.2) is 0 Å². The fourth-order valence-electron chi connectivity index (χ4n) is 3.54. The van der Waals surface area contributed by atoms with E-state index in [2.05, 4.69) is 20.0 Å². The number of rotatable bonds is 12. The second-order valence-electron chi connectivity index (χ2n) is 9.08. The molecule has 45 heavy (non-hydrogen) atoms. The Bertz CT molecular complexity index is 1290. The molecule has 0 amide bonds. The van der Waals surface area contributed by atoms with Gasteiger partial charge in [-0.2, -0.15) is 0 Å². The summed E-state index contributed by atoms with van der Waals surface area (Å²) >= 11 is 0. The molecule has 8 nitrogen and oxygen atoms in total. The van der Waals surface area contributed by atoms with Gasteiger partial charge in [0.05, 0.1) is 0 Å². The fourth-order valence-corrected chi connectivity index (χ4v) is 3.54. The van der Waals surface area contributed by atoms with Crippen molar-refractivity contribution in [1.82, 2.24) is 0 Å². The predicted octanol–water partition coefficient (Wildman–Crippen LogP) is 6.04. The largest absolute Gasteiger partial charge is 1.00 e. The molecule has 0 unspecified atom stereocenters. The summed E-state index contributed by atoms with van der Waals surface area (Å²) in [6, 6.07) is 28.4. The van der Waals surface area contributed by atoms with Crippen molar-refractivity contribution in [3.05, 3.63) is 119 Å². The monoisotopic (exact) mass is 753 g/mol. The van der Waals surface area contributed by atoms with Gasteiger partial charge in [-0.15, -0.1) is 0 Å². The van der Waals surface area contributed by atoms with Gasteiger partial charge in [-0.1, -0.05) is 48.5 Å². The number of benzene rings is 4. The molecule has 4 N–H and O–H groups in total.